The molecule has 0 saturated carbocycles. The molecule has 1 rings (SSSR count). The quantitative estimate of drug-likeness (QED) is 0.508. The summed E-state index contributed by atoms with van der Waals surface area (Å²) in [5.74, 6) is -1.57. The van der Waals surface area contributed by atoms with Gasteiger partial charge in [0, 0.05) is 17.7 Å². The van der Waals surface area contributed by atoms with E-state index in [1.165, 1.54) is 0 Å². The maximum atomic E-state index is 11.7. The Kier molecular flexibility index (Phi) is 6.84. The summed E-state index contributed by atoms with van der Waals surface area (Å²) in [4.78, 5) is 32.9. The van der Waals surface area contributed by atoms with Gasteiger partial charge < -0.3 is 10.4 Å². The van der Waals surface area contributed by atoms with Gasteiger partial charge in [-0.15, -0.1) is 0 Å². The number of carboxylic acid groups (broad SMARTS) is 1. The number of carboxylic acids is 1. The van der Waals surface area contributed by atoms with Gasteiger partial charge in [0.15, 0.2) is 5.69 Å². The highest BCUT2D eigenvalue weighted by atomic mass is 16.6. The summed E-state index contributed by atoms with van der Waals surface area (Å²) in [6.45, 7) is 7.14. The van der Waals surface area contributed by atoms with E-state index in [4.69, 9.17) is 5.11 Å². The summed E-state index contributed by atoms with van der Waals surface area (Å²) >= 11 is 0. The third kappa shape index (κ3) is 4.65. The number of nitro benzene ring substituents is 2. The minimum atomic E-state index is -1.20. The fraction of sp³-hybridized carbons (Fsp3) is 0.562. The molecule has 138 valence electrons. The number of nitrogens with zero attached hydrogens (tertiary/aromatic N) is 2. The number of carbonyl (C=O) groups is 1. The first-order chi connectivity index (χ1) is 11.6. The zero-order valence-electron chi connectivity index (χ0n) is 14.7. The van der Waals surface area contributed by atoms with E-state index in [1.54, 1.807) is 13.8 Å². The van der Waals surface area contributed by atoms with Crippen LogP contribution in [0, 0.1) is 20.2 Å². The highest BCUT2D eigenvalue weighted by Crippen LogP contribution is 2.43. The molecule has 0 amide bonds. The summed E-state index contributed by atoms with van der Waals surface area (Å²) < 4.78 is 0. The first-order valence-corrected chi connectivity index (χ1v) is 8.10. The molecule has 0 aliphatic carbocycles. The van der Waals surface area contributed by atoms with E-state index in [-0.39, 0.29) is 28.8 Å². The molecule has 1 aromatic carbocycles. The number of aliphatic carboxylic acids is 1. The van der Waals surface area contributed by atoms with E-state index < -0.39 is 33.6 Å². The van der Waals surface area contributed by atoms with Crippen molar-refractivity contribution in [3.63, 3.8) is 0 Å². The van der Waals surface area contributed by atoms with Crippen molar-refractivity contribution in [2.45, 2.75) is 58.9 Å². The predicted octanol–water partition coefficient (Wildman–Crippen LogP) is 3.85. The number of rotatable bonds is 9. The lowest BCUT2D eigenvalue weighted by Gasteiger charge is -2.20. The molecule has 0 heterocycles. The second-order valence-electron chi connectivity index (χ2n) is 6.09. The van der Waals surface area contributed by atoms with Crippen LogP contribution in [0.2, 0.25) is 0 Å². The smallest absolute Gasteiger partial charge is 0.307 e. The van der Waals surface area contributed by atoms with Crippen molar-refractivity contribution in [3.8, 4) is 0 Å². The lowest BCUT2D eigenvalue weighted by atomic mass is 9.91. The summed E-state index contributed by atoms with van der Waals surface area (Å²) in [5, 5.41) is 35.2. The lowest BCUT2D eigenvalue weighted by molar-refractivity contribution is -0.393. The zero-order chi connectivity index (χ0) is 19.3. The number of nitrogens with one attached hydrogen (secondary N) is 1. The van der Waals surface area contributed by atoms with E-state index in [1.807, 2.05) is 13.8 Å². The molecule has 0 spiro atoms. The number of nitro groups is 2. The number of hydrogen-bond donors (Lipinski definition) is 2. The van der Waals surface area contributed by atoms with E-state index in [0.29, 0.717) is 12.8 Å². The number of hydrogen-bond acceptors (Lipinski definition) is 6. The highest BCUT2D eigenvalue weighted by Gasteiger charge is 2.34. The molecule has 0 bridgehead atoms. The van der Waals surface area contributed by atoms with Gasteiger partial charge in [-0.25, -0.2) is 0 Å². The van der Waals surface area contributed by atoms with Crippen molar-refractivity contribution in [3.05, 3.63) is 37.4 Å². The SMILES string of the molecule is CCC(CC)Nc1c([N+](=O)[O-])cc(CC(=O)O)c(C(C)C)c1[N+](=O)[O-]. The van der Waals surface area contributed by atoms with Crippen molar-refractivity contribution in [1.29, 1.82) is 0 Å². The Hall–Kier alpha value is -2.71. The molecule has 9 nitrogen and oxygen atoms in total. The van der Waals surface area contributed by atoms with Crippen molar-refractivity contribution >= 4 is 23.0 Å². The average Bonchev–Trinajstić information content (AvgIpc) is 2.51. The van der Waals surface area contributed by atoms with E-state index in [9.17, 15) is 25.0 Å². The molecule has 1 aromatic rings. The number of benzene rings is 1. The van der Waals surface area contributed by atoms with Crippen molar-refractivity contribution in [1.82, 2.24) is 0 Å². The maximum absolute atomic E-state index is 11.7. The lowest BCUT2D eigenvalue weighted by Crippen LogP contribution is -2.20. The molecule has 0 unspecified atom stereocenters. The molecular weight excluding hydrogens is 330 g/mol. The van der Waals surface area contributed by atoms with Crippen LogP contribution in [0.25, 0.3) is 0 Å². The van der Waals surface area contributed by atoms with Crippen LogP contribution in [0.5, 0.6) is 0 Å². The van der Waals surface area contributed by atoms with Crippen LogP contribution >= 0.6 is 0 Å². The van der Waals surface area contributed by atoms with Gasteiger partial charge in [-0.1, -0.05) is 27.7 Å². The monoisotopic (exact) mass is 353 g/mol. The molecule has 0 radical (unpaired) electrons. The van der Waals surface area contributed by atoms with Crippen LogP contribution in [0.1, 0.15) is 57.6 Å². The molecule has 0 saturated heterocycles. The Morgan fingerprint density at radius 2 is 1.76 bits per heavy atom. The van der Waals surface area contributed by atoms with Gasteiger partial charge in [0.05, 0.1) is 16.3 Å². The molecule has 0 atom stereocenters. The first kappa shape index (κ1) is 20.3. The Morgan fingerprint density at radius 3 is 2.12 bits per heavy atom. The van der Waals surface area contributed by atoms with Gasteiger partial charge >= 0.3 is 11.7 Å². The summed E-state index contributed by atoms with van der Waals surface area (Å²) in [5.41, 5.74) is -0.726. The fourth-order valence-corrected chi connectivity index (χ4v) is 2.85. The normalized spacial score (nSPS) is 11.0. The molecule has 25 heavy (non-hydrogen) atoms. The number of anilines is 1. The van der Waals surface area contributed by atoms with E-state index in [2.05, 4.69) is 5.32 Å². The molecular formula is C16H23N3O6. The maximum Gasteiger partial charge on any atom is 0.307 e. The van der Waals surface area contributed by atoms with Crippen LogP contribution < -0.4 is 5.32 Å². The van der Waals surface area contributed by atoms with Gasteiger partial charge in [0.25, 0.3) is 5.69 Å². The topological polar surface area (TPSA) is 136 Å². The molecule has 0 aliphatic rings. The van der Waals surface area contributed by atoms with Gasteiger partial charge in [-0.05, 0) is 24.3 Å². The second-order valence-corrected chi connectivity index (χ2v) is 6.09. The van der Waals surface area contributed by atoms with Crippen molar-refractivity contribution < 1.29 is 19.7 Å². The van der Waals surface area contributed by atoms with Crippen LogP contribution in [0.15, 0.2) is 6.07 Å². The molecule has 0 aliphatic heterocycles. The standard InChI is InChI=1S/C16H23N3O6/c1-5-11(6-2)17-15-12(18(22)23)7-10(8-13(20)21)14(9(3)4)16(15)19(24)25/h7,9,11,17H,5-6,8H2,1-4H3,(H,20,21). The molecule has 2 N–H and O–H groups in total. The minimum absolute atomic E-state index is 0.0935. The van der Waals surface area contributed by atoms with E-state index >= 15 is 0 Å². The Labute approximate surface area is 145 Å². The van der Waals surface area contributed by atoms with Gasteiger partial charge in [0.2, 0.25) is 0 Å². The Balaban J connectivity index is 3.82. The minimum Gasteiger partial charge on any atom is -0.481 e. The van der Waals surface area contributed by atoms with Crippen LogP contribution in [-0.4, -0.2) is 27.0 Å². The zero-order valence-corrected chi connectivity index (χ0v) is 14.7. The van der Waals surface area contributed by atoms with Crippen LogP contribution in [-0.2, 0) is 11.2 Å². The van der Waals surface area contributed by atoms with E-state index in [0.717, 1.165) is 6.07 Å². The average molecular weight is 353 g/mol. The molecule has 0 fully saturated rings. The molecule has 0 aromatic heterocycles. The second kappa shape index (κ2) is 8.41. The largest absolute Gasteiger partial charge is 0.481 e. The fourth-order valence-electron chi connectivity index (χ4n) is 2.85. The summed E-state index contributed by atoms with van der Waals surface area (Å²) in [6.07, 6.45) is 0.762. The van der Waals surface area contributed by atoms with Gasteiger partial charge in [-0.2, -0.15) is 0 Å². The Bertz CT molecular complexity index is 683. The third-order valence-corrected chi connectivity index (χ3v) is 4.04. The third-order valence-electron chi connectivity index (χ3n) is 4.04. The predicted molar refractivity (Wildman–Crippen MR) is 93.2 cm³/mol. The van der Waals surface area contributed by atoms with Gasteiger partial charge in [-0.3, -0.25) is 25.0 Å². The highest BCUT2D eigenvalue weighted by molar-refractivity contribution is 5.81. The first-order valence-electron chi connectivity index (χ1n) is 8.10. The van der Waals surface area contributed by atoms with Crippen molar-refractivity contribution in [2.75, 3.05) is 5.32 Å². The van der Waals surface area contributed by atoms with Crippen LogP contribution in [0.3, 0.4) is 0 Å². The van der Waals surface area contributed by atoms with Crippen LogP contribution in [0.4, 0.5) is 17.1 Å². The van der Waals surface area contributed by atoms with Crippen molar-refractivity contribution in [2.24, 2.45) is 0 Å². The summed E-state index contributed by atoms with van der Waals surface area (Å²) in [6, 6.07) is 0.976. The Morgan fingerprint density at radius 1 is 1.20 bits per heavy atom. The summed E-state index contributed by atoms with van der Waals surface area (Å²) in [7, 11) is 0. The van der Waals surface area contributed by atoms with Gasteiger partial charge in [0.1, 0.15) is 0 Å². The molecule has 9 heteroatoms.